The first kappa shape index (κ1) is 20.7. The molecule has 1 amide bonds. The third kappa shape index (κ3) is 5.48. The zero-order chi connectivity index (χ0) is 20.8. The highest BCUT2D eigenvalue weighted by atomic mass is 32.1. The quantitative estimate of drug-likeness (QED) is 0.537. The van der Waals surface area contributed by atoms with E-state index in [1.54, 1.807) is 22.4 Å². The second-order valence-corrected chi connectivity index (χ2v) is 7.54. The van der Waals surface area contributed by atoms with E-state index in [1.165, 1.54) is 23.5 Å². The molecule has 5 nitrogen and oxygen atoms in total. The molecule has 7 heteroatoms. The summed E-state index contributed by atoms with van der Waals surface area (Å²) in [5, 5.41) is 2.35. The Hall–Kier alpha value is -3.06. The smallest absolute Gasteiger partial charge is 0.312 e. The topological polar surface area (TPSA) is 59.5 Å². The average molecular weight is 412 g/mol. The van der Waals surface area contributed by atoms with Crippen molar-refractivity contribution in [1.82, 2.24) is 4.98 Å². The lowest BCUT2D eigenvalue weighted by atomic mass is 10.2. The van der Waals surface area contributed by atoms with Crippen LogP contribution < -0.4 is 4.90 Å². The average Bonchev–Trinajstić information content (AvgIpc) is 3.15. The van der Waals surface area contributed by atoms with Crippen LogP contribution in [0.5, 0.6) is 0 Å². The number of anilines is 1. The molecule has 0 saturated heterocycles. The number of aromatic nitrogens is 1. The summed E-state index contributed by atoms with van der Waals surface area (Å²) in [5.41, 5.74) is 1.93. The van der Waals surface area contributed by atoms with Gasteiger partial charge in [-0.3, -0.25) is 9.59 Å². The second kappa shape index (κ2) is 9.43. The molecular weight excluding hydrogens is 391 g/mol. The van der Waals surface area contributed by atoms with Gasteiger partial charge in [-0.2, -0.15) is 0 Å². The number of hydrogen-bond acceptors (Lipinski definition) is 5. The molecule has 3 rings (SSSR count). The number of thiazole rings is 1. The Morgan fingerprint density at radius 3 is 2.59 bits per heavy atom. The molecule has 0 bridgehead atoms. The summed E-state index contributed by atoms with van der Waals surface area (Å²) in [7, 11) is 0. The molecule has 150 valence electrons. The summed E-state index contributed by atoms with van der Waals surface area (Å²) in [5.74, 6) is -1.17. The Bertz CT molecular complexity index is 988. The van der Waals surface area contributed by atoms with Crippen LogP contribution >= 0.6 is 11.3 Å². The first-order valence-corrected chi connectivity index (χ1v) is 10.0. The maximum atomic E-state index is 13.4. The Labute approximate surface area is 172 Å². The van der Waals surface area contributed by atoms with Gasteiger partial charge in [-0.15, -0.1) is 11.3 Å². The van der Waals surface area contributed by atoms with Crippen molar-refractivity contribution < 1.29 is 18.7 Å². The number of esters is 1. The second-order valence-electron chi connectivity index (χ2n) is 6.68. The molecule has 0 unspecified atom stereocenters. The standard InChI is InChI=1S/C22H21FN2O3S/c1-15(2)25(19-9-4-3-5-10-19)20(26)13-28-21(27)12-18-14-29-22(24-18)16-7-6-8-17(23)11-16/h3-11,14-15H,12-13H2,1-2H3. The van der Waals surface area contributed by atoms with Gasteiger partial charge >= 0.3 is 5.97 Å². The maximum absolute atomic E-state index is 13.4. The molecular formula is C22H21FN2O3S. The Morgan fingerprint density at radius 2 is 1.90 bits per heavy atom. The third-order valence-electron chi connectivity index (χ3n) is 4.12. The van der Waals surface area contributed by atoms with Crippen molar-refractivity contribution >= 4 is 28.9 Å². The van der Waals surface area contributed by atoms with Crippen LogP contribution in [0.1, 0.15) is 19.5 Å². The van der Waals surface area contributed by atoms with Crippen molar-refractivity contribution in [2.24, 2.45) is 0 Å². The van der Waals surface area contributed by atoms with E-state index >= 15 is 0 Å². The molecule has 0 aliphatic rings. The summed E-state index contributed by atoms with van der Waals surface area (Å²) in [6.45, 7) is 3.46. The van der Waals surface area contributed by atoms with Crippen molar-refractivity contribution in [3.8, 4) is 10.6 Å². The fourth-order valence-electron chi connectivity index (χ4n) is 2.87. The number of amides is 1. The summed E-state index contributed by atoms with van der Waals surface area (Å²) in [6.07, 6.45) is -0.0495. The first-order valence-electron chi connectivity index (χ1n) is 9.17. The van der Waals surface area contributed by atoms with E-state index < -0.39 is 5.97 Å². The highest BCUT2D eigenvalue weighted by molar-refractivity contribution is 7.13. The highest BCUT2D eigenvalue weighted by Crippen LogP contribution is 2.24. The van der Waals surface area contributed by atoms with Gasteiger partial charge < -0.3 is 9.64 Å². The first-order chi connectivity index (χ1) is 13.9. The molecule has 0 radical (unpaired) electrons. The number of hydrogen-bond donors (Lipinski definition) is 0. The van der Waals surface area contributed by atoms with Crippen molar-refractivity contribution in [1.29, 1.82) is 0 Å². The third-order valence-corrected chi connectivity index (χ3v) is 5.07. The van der Waals surface area contributed by atoms with Crippen molar-refractivity contribution in [3.63, 3.8) is 0 Å². The maximum Gasteiger partial charge on any atom is 0.312 e. The highest BCUT2D eigenvalue weighted by Gasteiger charge is 2.20. The minimum Gasteiger partial charge on any atom is -0.455 e. The molecule has 0 aliphatic heterocycles. The van der Waals surface area contributed by atoms with Gasteiger partial charge in [-0.25, -0.2) is 9.37 Å². The normalized spacial score (nSPS) is 10.8. The van der Waals surface area contributed by atoms with Crippen LogP contribution in [0.15, 0.2) is 60.0 Å². The fraction of sp³-hybridized carbons (Fsp3) is 0.227. The largest absolute Gasteiger partial charge is 0.455 e. The van der Waals surface area contributed by atoms with Gasteiger partial charge in [-0.1, -0.05) is 30.3 Å². The number of rotatable bonds is 7. The van der Waals surface area contributed by atoms with Gasteiger partial charge in [0.2, 0.25) is 0 Å². The summed E-state index contributed by atoms with van der Waals surface area (Å²) < 4.78 is 18.5. The van der Waals surface area contributed by atoms with Crippen LogP contribution in [0.2, 0.25) is 0 Å². The molecule has 0 spiro atoms. The van der Waals surface area contributed by atoms with Gasteiger partial charge in [0.05, 0.1) is 12.1 Å². The lowest BCUT2D eigenvalue weighted by Crippen LogP contribution is -2.40. The molecule has 0 atom stereocenters. The summed E-state index contributed by atoms with van der Waals surface area (Å²) in [6, 6.07) is 15.3. The van der Waals surface area contributed by atoms with Gasteiger partial charge in [0.1, 0.15) is 10.8 Å². The van der Waals surface area contributed by atoms with Gasteiger partial charge in [0, 0.05) is 22.7 Å². The van der Waals surface area contributed by atoms with E-state index in [9.17, 15) is 14.0 Å². The number of para-hydroxylation sites is 1. The molecule has 0 aliphatic carbocycles. The summed E-state index contributed by atoms with van der Waals surface area (Å²) in [4.78, 5) is 30.7. The molecule has 29 heavy (non-hydrogen) atoms. The Balaban J connectivity index is 1.58. The Morgan fingerprint density at radius 1 is 1.14 bits per heavy atom. The van der Waals surface area contributed by atoms with Crippen LogP contribution in [-0.2, 0) is 20.7 Å². The van der Waals surface area contributed by atoms with E-state index in [2.05, 4.69) is 4.98 Å². The number of ether oxygens (including phenoxy) is 1. The molecule has 0 N–H and O–H groups in total. The van der Waals surface area contributed by atoms with Crippen molar-refractivity contribution in [3.05, 3.63) is 71.5 Å². The molecule has 1 heterocycles. The lowest BCUT2D eigenvalue weighted by molar-refractivity contribution is -0.147. The fourth-order valence-corrected chi connectivity index (χ4v) is 3.69. The SMILES string of the molecule is CC(C)N(C(=O)COC(=O)Cc1csc(-c2cccc(F)c2)n1)c1ccccc1. The van der Waals surface area contributed by atoms with Gasteiger partial charge in [0.15, 0.2) is 6.61 Å². The van der Waals surface area contributed by atoms with Crippen LogP contribution in [0.3, 0.4) is 0 Å². The van der Waals surface area contributed by atoms with E-state index in [4.69, 9.17) is 4.74 Å². The summed E-state index contributed by atoms with van der Waals surface area (Å²) >= 11 is 1.32. The van der Waals surface area contributed by atoms with E-state index in [0.717, 1.165) is 5.69 Å². The van der Waals surface area contributed by atoms with Crippen molar-refractivity contribution in [2.45, 2.75) is 26.3 Å². The number of nitrogens with zero attached hydrogens (tertiary/aromatic N) is 2. The van der Waals surface area contributed by atoms with Crippen LogP contribution in [0, 0.1) is 5.82 Å². The monoisotopic (exact) mass is 412 g/mol. The zero-order valence-electron chi connectivity index (χ0n) is 16.2. The van der Waals surface area contributed by atoms with E-state index in [1.807, 2.05) is 44.2 Å². The van der Waals surface area contributed by atoms with Crippen LogP contribution in [-0.4, -0.2) is 29.5 Å². The zero-order valence-corrected chi connectivity index (χ0v) is 17.0. The molecule has 0 saturated carbocycles. The van der Waals surface area contributed by atoms with Crippen LogP contribution in [0.25, 0.3) is 10.6 Å². The van der Waals surface area contributed by atoms with E-state index in [-0.39, 0.29) is 30.8 Å². The lowest BCUT2D eigenvalue weighted by Gasteiger charge is -2.26. The Kier molecular flexibility index (Phi) is 6.72. The minimum atomic E-state index is -0.536. The predicted octanol–water partition coefficient (Wildman–Crippen LogP) is 4.48. The molecule has 1 aromatic heterocycles. The van der Waals surface area contributed by atoms with Gasteiger partial charge in [0.25, 0.3) is 5.91 Å². The molecule has 2 aromatic carbocycles. The number of carbonyl (C=O) groups is 2. The number of halogens is 1. The number of carbonyl (C=O) groups excluding carboxylic acids is 2. The van der Waals surface area contributed by atoms with Gasteiger partial charge in [-0.05, 0) is 38.1 Å². The minimum absolute atomic E-state index is 0.0495. The van der Waals surface area contributed by atoms with Crippen LogP contribution in [0.4, 0.5) is 10.1 Å². The molecule has 3 aromatic rings. The number of benzene rings is 2. The predicted molar refractivity (Wildman–Crippen MR) is 111 cm³/mol. The molecule has 0 fully saturated rings. The van der Waals surface area contributed by atoms with Crippen molar-refractivity contribution in [2.75, 3.05) is 11.5 Å². The van der Waals surface area contributed by atoms with E-state index in [0.29, 0.717) is 16.3 Å².